The fourth-order valence-electron chi connectivity index (χ4n) is 5.30. The highest BCUT2D eigenvalue weighted by Gasteiger charge is 2.42. The minimum absolute atomic E-state index is 0.243. The van der Waals surface area contributed by atoms with Gasteiger partial charge in [0.1, 0.15) is 11.5 Å². The summed E-state index contributed by atoms with van der Waals surface area (Å²) in [5, 5.41) is 4.01. The van der Waals surface area contributed by atoms with Crippen LogP contribution in [0.4, 0.5) is 11.4 Å². The van der Waals surface area contributed by atoms with Crippen LogP contribution in [-0.2, 0) is 10.0 Å². The Kier molecular flexibility index (Phi) is 7.43. The van der Waals surface area contributed by atoms with E-state index in [4.69, 9.17) is 21.7 Å². The van der Waals surface area contributed by atoms with Crippen molar-refractivity contribution in [3.05, 3.63) is 95.6 Å². The maximum atomic E-state index is 11.9. The highest BCUT2D eigenvalue weighted by Crippen LogP contribution is 2.45. The predicted octanol–water partition coefficient (Wildman–Crippen LogP) is 5.05. The Morgan fingerprint density at radius 2 is 1.77 bits per heavy atom. The number of aryl methyl sites for hydroxylation is 1. The van der Waals surface area contributed by atoms with Gasteiger partial charge in [0.2, 0.25) is 10.0 Å². The van der Waals surface area contributed by atoms with E-state index in [0.717, 1.165) is 46.0 Å². The van der Waals surface area contributed by atoms with Crippen LogP contribution in [0, 0.1) is 13.8 Å². The molecule has 0 amide bonds. The van der Waals surface area contributed by atoms with E-state index in [2.05, 4.69) is 45.6 Å². The van der Waals surface area contributed by atoms with Crippen molar-refractivity contribution < 1.29 is 17.9 Å². The molecular weight excluding hydrogens is 546 g/mol. The number of benzene rings is 2. The zero-order valence-electron chi connectivity index (χ0n) is 22.9. The van der Waals surface area contributed by atoms with Gasteiger partial charge in [-0.2, -0.15) is 0 Å². The van der Waals surface area contributed by atoms with E-state index in [9.17, 15) is 8.42 Å². The van der Waals surface area contributed by atoms with Crippen LogP contribution in [-0.4, -0.2) is 43.6 Å². The lowest BCUT2D eigenvalue weighted by Gasteiger charge is -2.29. The molecule has 4 aromatic rings. The molecule has 0 unspecified atom stereocenters. The maximum absolute atomic E-state index is 11.9. The van der Waals surface area contributed by atoms with Crippen molar-refractivity contribution >= 4 is 38.7 Å². The number of nitrogens with zero attached hydrogens (tertiary/aromatic N) is 3. The molecular formula is C29H31N5O4S2. The number of hydrogen-bond acceptors (Lipinski definition) is 6. The van der Waals surface area contributed by atoms with Crippen LogP contribution in [0.15, 0.2) is 72.9 Å². The molecule has 2 aromatic heterocycles. The van der Waals surface area contributed by atoms with E-state index < -0.39 is 10.0 Å². The molecule has 0 spiro atoms. The molecule has 0 bridgehead atoms. The Hall–Kier alpha value is -4.09. The topological polar surface area (TPSA) is 97.7 Å². The predicted molar refractivity (Wildman–Crippen MR) is 161 cm³/mol. The zero-order chi connectivity index (χ0) is 28.6. The molecule has 11 heteroatoms. The lowest BCUT2D eigenvalue weighted by atomic mass is 9.96. The van der Waals surface area contributed by atoms with Crippen molar-refractivity contribution in [2.45, 2.75) is 25.9 Å². The number of hydrogen-bond donors (Lipinski definition) is 2. The number of aromatic nitrogens is 2. The summed E-state index contributed by atoms with van der Waals surface area (Å²) in [4.78, 5) is 6.69. The summed E-state index contributed by atoms with van der Waals surface area (Å²) < 4.78 is 39.6. The van der Waals surface area contributed by atoms with E-state index in [-0.39, 0.29) is 12.1 Å². The van der Waals surface area contributed by atoms with Crippen molar-refractivity contribution in [1.82, 2.24) is 14.9 Å². The summed E-state index contributed by atoms with van der Waals surface area (Å²) in [6.45, 7) is 4.17. The van der Waals surface area contributed by atoms with Crippen molar-refractivity contribution in [2.75, 3.05) is 30.1 Å². The maximum Gasteiger partial charge on any atom is 0.229 e. The molecule has 3 heterocycles. The highest BCUT2D eigenvalue weighted by atomic mass is 32.2. The monoisotopic (exact) mass is 577 g/mol. The summed E-state index contributed by atoms with van der Waals surface area (Å²) >= 11 is 5.90. The Labute approximate surface area is 239 Å². The third-order valence-corrected chi connectivity index (χ3v) is 7.86. The quantitative estimate of drug-likeness (QED) is 0.281. The molecule has 1 aliphatic heterocycles. The molecule has 208 valence electrons. The largest absolute Gasteiger partial charge is 0.497 e. The molecule has 5 rings (SSSR count). The van der Waals surface area contributed by atoms with Crippen LogP contribution in [0.2, 0.25) is 0 Å². The number of methoxy groups -OCH3 is 2. The van der Waals surface area contributed by atoms with Gasteiger partial charge in [-0.1, -0.05) is 12.1 Å². The molecule has 1 fully saturated rings. The van der Waals surface area contributed by atoms with Gasteiger partial charge < -0.3 is 24.3 Å². The molecule has 2 N–H and O–H groups in total. The van der Waals surface area contributed by atoms with E-state index in [1.807, 2.05) is 47.4 Å². The first-order valence-corrected chi connectivity index (χ1v) is 14.9. The van der Waals surface area contributed by atoms with Crippen LogP contribution in [0.3, 0.4) is 0 Å². The van der Waals surface area contributed by atoms with Gasteiger partial charge in [0.05, 0.1) is 43.9 Å². The van der Waals surface area contributed by atoms with Gasteiger partial charge in [-0.3, -0.25) is 9.71 Å². The number of nitrogens with one attached hydrogen (secondary N) is 2. The zero-order valence-corrected chi connectivity index (χ0v) is 24.5. The molecule has 0 aliphatic carbocycles. The third-order valence-electron chi connectivity index (χ3n) is 6.96. The first-order valence-electron chi connectivity index (χ1n) is 12.6. The second-order valence-electron chi connectivity index (χ2n) is 9.62. The SMILES string of the molecule is COc1cccc(-n2c(C)cc([C@H]3[C@H](c4ccccn4)NC(=S)N3c3ccc(NS(C)(=O)=O)c(OC)c3)c2C)c1. The lowest BCUT2D eigenvalue weighted by molar-refractivity contribution is 0.414. The molecule has 1 saturated heterocycles. The standard InChI is InChI=1S/C29H31N5O4S2/c1-18-15-23(19(2)33(18)20-9-8-10-22(16-20)37-3)28-27(25-11-6-7-14-30-25)31-29(39)34(28)21-12-13-24(26(17-21)38-4)32-40(5,35)36/h6-17,27-28,32H,1-5H3,(H,31,39)/t27-,28-/m0/s1. The number of rotatable bonds is 8. The second kappa shape index (κ2) is 10.8. The smallest absolute Gasteiger partial charge is 0.229 e. The van der Waals surface area contributed by atoms with Gasteiger partial charge in [-0.25, -0.2) is 8.42 Å². The van der Waals surface area contributed by atoms with Gasteiger partial charge in [-0.15, -0.1) is 0 Å². The first kappa shape index (κ1) is 27.5. The Balaban J connectivity index is 1.66. The van der Waals surface area contributed by atoms with Gasteiger partial charge in [0, 0.05) is 41.1 Å². The average molecular weight is 578 g/mol. The summed E-state index contributed by atoms with van der Waals surface area (Å²) in [6, 6.07) is 20.8. The molecule has 9 nitrogen and oxygen atoms in total. The van der Waals surface area contributed by atoms with E-state index in [1.165, 1.54) is 7.11 Å². The van der Waals surface area contributed by atoms with Gasteiger partial charge >= 0.3 is 0 Å². The second-order valence-corrected chi connectivity index (χ2v) is 11.8. The molecule has 0 radical (unpaired) electrons. The Morgan fingerprint density at radius 3 is 2.45 bits per heavy atom. The van der Waals surface area contributed by atoms with Crippen molar-refractivity contribution in [3.8, 4) is 17.2 Å². The van der Waals surface area contributed by atoms with E-state index in [1.54, 1.807) is 25.4 Å². The molecule has 2 atom stereocenters. The average Bonchev–Trinajstić information content (AvgIpc) is 3.43. The van der Waals surface area contributed by atoms with E-state index >= 15 is 0 Å². The van der Waals surface area contributed by atoms with Gasteiger partial charge in [0.25, 0.3) is 0 Å². The first-order chi connectivity index (χ1) is 19.1. The van der Waals surface area contributed by atoms with Gasteiger partial charge in [-0.05, 0) is 74.1 Å². The minimum atomic E-state index is -3.49. The van der Waals surface area contributed by atoms with Crippen LogP contribution < -0.4 is 24.4 Å². The number of thiocarbonyl (C=S) groups is 1. The van der Waals surface area contributed by atoms with Crippen molar-refractivity contribution in [3.63, 3.8) is 0 Å². The van der Waals surface area contributed by atoms with Crippen LogP contribution in [0.25, 0.3) is 5.69 Å². The molecule has 1 aliphatic rings. The summed E-state index contributed by atoms with van der Waals surface area (Å²) in [5.74, 6) is 1.16. The minimum Gasteiger partial charge on any atom is -0.497 e. The number of pyridine rings is 1. The number of sulfonamides is 1. The van der Waals surface area contributed by atoms with Crippen molar-refractivity contribution in [1.29, 1.82) is 0 Å². The number of ether oxygens (including phenoxy) is 2. The fraction of sp³-hybridized carbons (Fsp3) is 0.241. The summed E-state index contributed by atoms with van der Waals surface area (Å²) in [5.41, 5.74) is 6.13. The lowest BCUT2D eigenvalue weighted by Crippen LogP contribution is -2.29. The highest BCUT2D eigenvalue weighted by molar-refractivity contribution is 7.92. The van der Waals surface area contributed by atoms with Crippen LogP contribution >= 0.6 is 12.2 Å². The number of anilines is 2. The van der Waals surface area contributed by atoms with E-state index in [0.29, 0.717) is 16.5 Å². The normalized spacial score (nSPS) is 17.0. The van der Waals surface area contributed by atoms with Crippen molar-refractivity contribution in [2.24, 2.45) is 0 Å². The van der Waals surface area contributed by atoms with Crippen LogP contribution in [0.5, 0.6) is 11.5 Å². The molecule has 2 aromatic carbocycles. The summed E-state index contributed by atoms with van der Waals surface area (Å²) in [7, 11) is -0.331. The van der Waals surface area contributed by atoms with Crippen LogP contribution in [0.1, 0.15) is 34.7 Å². The molecule has 40 heavy (non-hydrogen) atoms. The fourth-order valence-corrected chi connectivity index (χ4v) is 6.21. The van der Waals surface area contributed by atoms with Gasteiger partial charge in [0.15, 0.2) is 5.11 Å². The molecule has 0 saturated carbocycles. The summed E-state index contributed by atoms with van der Waals surface area (Å²) in [6.07, 6.45) is 2.87. The third kappa shape index (κ3) is 5.22. The Bertz CT molecular complexity index is 1670. The Morgan fingerprint density at radius 1 is 0.975 bits per heavy atom.